The van der Waals surface area contributed by atoms with Crippen LogP contribution in [0.5, 0.6) is 0 Å². The third kappa shape index (κ3) is 26.9. The molecule has 0 spiro atoms. The maximum absolute atomic E-state index is 2.23. The van der Waals surface area contributed by atoms with Crippen molar-refractivity contribution in [2.24, 2.45) is 0 Å². The SMILES string of the molecule is CC=CCCC=CC=CC=CC=CC=CC=CC=CC=CC=CC=CCCCCC=CC. The molecule has 0 unspecified atom stereocenters. The van der Waals surface area contributed by atoms with E-state index in [1.165, 1.54) is 19.3 Å². The van der Waals surface area contributed by atoms with E-state index in [1.807, 2.05) is 79.0 Å². The van der Waals surface area contributed by atoms with E-state index >= 15 is 0 Å². The molecule has 0 aromatic heterocycles. The minimum Gasteiger partial charge on any atom is -0.0917 e. The van der Waals surface area contributed by atoms with Crippen molar-refractivity contribution in [1.82, 2.24) is 0 Å². The Labute approximate surface area is 198 Å². The molecule has 0 saturated carbocycles. The summed E-state index contributed by atoms with van der Waals surface area (Å²) in [5.74, 6) is 0. The van der Waals surface area contributed by atoms with Gasteiger partial charge in [0.15, 0.2) is 0 Å². The van der Waals surface area contributed by atoms with Crippen LogP contribution < -0.4 is 0 Å². The topological polar surface area (TPSA) is 0 Å². The summed E-state index contributed by atoms with van der Waals surface area (Å²) in [6, 6.07) is 0. The van der Waals surface area contributed by atoms with E-state index in [0.717, 1.165) is 19.3 Å². The average molecular weight is 427 g/mol. The summed E-state index contributed by atoms with van der Waals surface area (Å²) in [7, 11) is 0. The molecule has 0 radical (unpaired) electrons. The lowest BCUT2D eigenvalue weighted by Gasteiger charge is -1.91. The van der Waals surface area contributed by atoms with Crippen LogP contribution in [0.15, 0.2) is 146 Å². The minimum absolute atomic E-state index is 1.09. The fourth-order valence-corrected chi connectivity index (χ4v) is 2.43. The first-order valence-electron chi connectivity index (χ1n) is 11.8. The number of rotatable bonds is 17. The van der Waals surface area contributed by atoms with E-state index in [9.17, 15) is 0 Å². The van der Waals surface area contributed by atoms with Crippen molar-refractivity contribution in [2.75, 3.05) is 0 Å². The first-order valence-corrected chi connectivity index (χ1v) is 11.8. The molecule has 0 fully saturated rings. The molecule has 0 aromatic rings. The van der Waals surface area contributed by atoms with Gasteiger partial charge in [-0.05, 0) is 52.4 Å². The Hall–Kier alpha value is -3.12. The summed E-state index contributed by atoms with van der Waals surface area (Å²) >= 11 is 0. The molecule has 0 nitrogen and oxygen atoms in total. The molecule has 0 aromatic carbocycles. The largest absolute Gasteiger partial charge is 0.0917 e. The lowest BCUT2D eigenvalue weighted by Crippen LogP contribution is -1.71. The standard InChI is InChI=1S/C32H42/c1-3-5-7-9-11-13-15-17-19-21-23-25-27-29-31-32-30-28-26-24-22-20-18-16-14-12-10-8-6-4-2/h3-6,11,13,15-32H,7-10,12,14H2,1-2H3. The average Bonchev–Trinajstić information content (AvgIpc) is 2.81. The summed E-state index contributed by atoms with van der Waals surface area (Å²) in [5, 5.41) is 0. The van der Waals surface area contributed by atoms with Gasteiger partial charge in [0.2, 0.25) is 0 Å². The normalized spacial score (nSPS) is 14.4. The van der Waals surface area contributed by atoms with Gasteiger partial charge in [-0.25, -0.2) is 0 Å². The van der Waals surface area contributed by atoms with Crippen molar-refractivity contribution >= 4 is 0 Å². The van der Waals surface area contributed by atoms with Gasteiger partial charge in [0.1, 0.15) is 0 Å². The van der Waals surface area contributed by atoms with Crippen LogP contribution in [0.4, 0.5) is 0 Å². The van der Waals surface area contributed by atoms with E-state index in [1.54, 1.807) is 0 Å². The maximum atomic E-state index is 2.23. The van der Waals surface area contributed by atoms with Gasteiger partial charge in [0, 0.05) is 0 Å². The number of allylic oxidation sites excluding steroid dienone is 24. The Morgan fingerprint density at radius 1 is 0.281 bits per heavy atom. The molecule has 0 amide bonds. The van der Waals surface area contributed by atoms with Crippen LogP contribution in [0, 0.1) is 0 Å². The number of hydrogen-bond acceptors (Lipinski definition) is 0. The van der Waals surface area contributed by atoms with Crippen LogP contribution >= 0.6 is 0 Å². The summed E-state index contributed by atoms with van der Waals surface area (Å²) in [6.45, 7) is 4.13. The molecular weight excluding hydrogens is 384 g/mol. The number of hydrogen-bond donors (Lipinski definition) is 0. The molecule has 0 aliphatic rings. The zero-order chi connectivity index (χ0) is 23.2. The summed E-state index contributed by atoms with van der Waals surface area (Å²) in [5.41, 5.74) is 0. The smallest absolute Gasteiger partial charge is 0.0313 e. The molecule has 32 heavy (non-hydrogen) atoms. The van der Waals surface area contributed by atoms with Crippen molar-refractivity contribution in [2.45, 2.75) is 52.4 Å². The zero-order valence-electron chi connectivity index (χ0n) is 20.1. The minimum atomic E-state index is 1.09. The van der Waals surface area contributed by atoms with E-state index in [-0.39, 0.29) is 0 Å². The molecule has 0 heterocycles. The first-order chi connectivity index (χ1) is 15.9. The van der Waals surface area contributed by atoms with Gasteiger partial charge >= 0.3 is 0 Å². The Morgan fingerprint density at radius 3 is 0.906 bits per heavy atom. The maximum Gasteiger partial charge on any atom is -0.0313 e. The van der Waals surface area contributed by atoms with Gasteiger partial charge < -0.3 is 0 Å². The quantitative estimate of drug-likeness (QED) is 0.123. The Morgan fingerprint density at radius 2 is 0.531 bits per heavy atom. The van der Waals surface area contributed by atoms with Crippen molar-refractivity contribution in [3.05, 3.63) is 146 Å². The fraction of sp³-hybridized carbons (Fsp3) is 0.250. The third-order valence-corrected chi connectivity index (χ3v) is 4.12. The molecule has 0 heteroatoms. The molecular formula is C32H42. The van der Waals surface area contributed by atoms with Crippen LogP contribution in [0.3, 0.4) is 0 Å². The second kappa shape index (κ2) is 27.9. The highest BCUT2D eigenvalue weighted by Gasteiger charge is 1.81. The predicted octanol–water partition coefficient (Wildman–Crippen LogP) is 10.0. The van der Waals surface area contributed by atoms with Crippen molar-refractivity contribution < 1.29 is 0 Å². The van der Waals surface area contributed by atoms with Gasteiger partial charge in [0.05, 0.1) is 0 Å². The second-order valence-electron chi connectivity index (χ2n) is 6.94. The Bertz CT molecular complexity index is 750. The summed E-state index contributed by atoms with van der Waals surface area (Å²) in [4.78, 5) is 0. The molecule has 0 saturated heterocycles. The number of unbranched alkanes of at least 4 members (excludes halogenated alkanes) is 4. The van der Waals surface area contributed by atoms with Crippen LogP contribution in [-0.4, -0.2) is 0 Å². The zero-order valence-corrected chi connectivity index (χ0v) is 20.1. The Kier molecular flexibility index (Phi) is 25.2. The molecule has 0 N–H and O–H groups in total. The van der Waals surface area contributed by atoms with E-state index in [4.69, 9.17) is 0 Å². The van der Waals surface area contributed by atoms with E-state index in [2.05, 4.69) is 80.7 Å². The molecule has 0 bridgehead atoms. The van der Waals surface area contributed by atoms with Crippen LogP contribution in [0.1, 0.15) is 52.4 Å². The fourth-order valence-electron chi connectivity index (χ4n) is 2.43. The molecule has 0 aliphatic carbocycles. The summed E-state index contributed by atoms with van der Waals surface area (Å²) < 4.78 is 0. The van der Waals surface area contributed by atoms with Gasteiger partial charge in [-0.15, -0.1) is 0 Å². The van der Waals surface area contributed by atoms with Gasteiger partial charge in [-0.2, -0.15) is 0 Å². The first kappa shape index (κ1) is 28.9. The van der Waals surface area contributed by atoms with Gasteiger partial charge in [0.25, 0.3) is 0 Å². The highest BCUT2D eigenvalue weighted by Crippen LogP contribution is 2.01. The van der Waals surface area contributed by atoms with Crippen LogP contribution in [0.25, 0.3) is 0 Å². The lowest BCUT2D eigenvalue weighted by molar-refractivity contribution is 0.762. The second-order valence-corrected chi connectivity index (χ2v) is 6.94. The molecule has 0 aliphatic heterocycles. The Balaban J connectivity index is 3.82. The summed E-state index contributed by atoms with van der Waals surface area (Å²) in [6.07, 6.45) is 56.9. The third-order valence-electron chi connectivity index (χ3n) is 4.12. The van der Waals surface area contributed by atoms with Crippen molar-refractivity contribution in [3.63, 3.8) is 0 Å². The van der Waals surface area contributed by atoms with Gasteiger partial charge in [-0.1, -0.05) is 146 Å². The van der Waals surface area contributed by atoms with E-state index in [0.29, 0.717) is 0 Å². The molecule has 170 valence electrons. The highest BCUT2D eigenvalue weighted by molar-refractivity contribution is 5.22. The van der Waals surface area contributed by atoms with Crippen LogP contribution in [-0.2, 0) is 0 Å². The van der Waals surface area contributed by atoms with Crippen LogP contribution in [0.2, 0.25) is 0 Å². The highest BCUT2D eigenvalue weighted by atomic mass is 13.9. The lowest BCUT2D eigenvalue weighted by atomic mass is 10.2. The van der Waals surface area contributed by atoms with E-state index < -0.39 is 0 Å². The monoisotopic (exact) mass is 426 g/mol. The predicted molar refractivity (Wildman–Crippen MR) is 149 cm³/mol. The van der Waals surface area contributed by atoms with Crippen molar-refractivity contribution in [3.8, 4) is 0 Å². The van der Waals surface area contributed by atoms with Crippen molar-refractivity contribution in [1.29, 1.82) is 0 Å². The van der Waals surface area contributed by atoms with Gasteiger partial charge in [-0.3, -0.25) is 0 Å². The molecule has 0 rings (SSSR count). The molecule has 0 atom stereocenters.